The second kappa shape index (κ2) is 10.2. The van der Waals surface area contributed by atoms with Crippen LogP contribution in [0, 0.1) is 0 Å². The number of amides is 2. The lowest BCUT2D eigenvalue weighted by Crippen LogP contribution is -2.62. The number of ether oxygens (including phenoxy) is 2. The summed E-state index contributed by atoms with van der Waals surface area (Å²) in [6.45, 7) is -0.678. The topological polar surface area (TPSA) is 122 Å². The summed E-state index contributed by atoms with van der Waals surface area (Å²) in [5.74, 6) is -0.969. The summed E-state index contributed by atoms with van der Waals surface area (Å²) in [5.41, 5.74) is 2.95. The molecule has 3 aromatic carbocycles. The van der Waals surface area contributed by atoms with Gasteiger partial charge < -0.3 is 19.9 Å². The van der Waals surface area contributed by atoms with Crippen LogP contribution in [0.5, 0.6) is 0 Å². The number of nitrogens with one attached hydrogen (secondary N) is 1. The molecule has 3 aromatic rings. The molecular formula is C28H28N2O7S. The van der Waals surface area contributed by atoms with Crippen LogP contribution in [-0.2, 0) is 30.9 Å². The lowest BCUT2D eigenvalue weighted by molar-refractivity contribution is -0.162. The SMILES string of the molecule is [3H]OCC1(OCc2ccccc2)[C@@H](NC(=O)OCC2c3ccccc3-c3ccccc32)CC(=O)N1S(C)(=O)=O. The smallest absolute Gasteiger partial charge is 0.407 e. The number of aliphatic hydroxyl groups is 1. The van der Waals surface area contributed by atoms with Crippen LogP contribution in [0.15, 0.2) is 78.9 Å². The van der Waals surface area contributed by atoms with Crippen LogP contribution in [0.25, 0.3) is 11.1 Å². The van der Waals surface area contributed by atoms with Crippen molar-refractivity contribution in [3.8, 4) is 11.1 Å². The number of carbonyl (C=O) groups excluding carboxylic acids is 2. The third-order valence-electron chi connectivity index (χ3n) is 7.00. The number of rotatable bonds is 9. The van der Waals surface area contributed by atoms with Gasteiger partial charge in [0, 0.05) is 5.92 Å². The molecule has 10 heteroatoms. The molecule has 198 valence electrons. The third kappa shape index (κ3) is 4.66. The minimum Gasteiger partial charge on any atom is -0.449 e. The Kier molecular flexibility index (Phi) is 6.61. The second-order valence-electron chi connectivity index (χ2n) is 9.41. The highest BCUT2D eigenvalue weighted by Crippen LogP contribution is 2.44. The van der Waals surface area contributed by atoms with Crippen LogP contribution in [0.1, 0.15) is 29.0 Å². The van der Waals surface area contributed by atoms with E-state index in [4.69, 9.17) is 10.9 Å². The van der Waals surface area contributed by atoms with Crippen molar-refractivity contribution in [1.82, 2.24) is 9.62 Å². The lowest BCUT2D eigenvalue weighted by atomic mass is 9.98. The number of fused-ring (bicyclic) bond motifs is 3. The van der Waals surface area contributed by atoms with Gasteiger partial charge in [0.15, 0.2) is 0 Å². The molecule has 1 aliphatic heterocycles. The molecule has 0 bridgehead atoms. The average Bonchev–Trinajstić information content (AvgIpc) is 3.38. The Labute approximate surface area is 222 Å². The van der Waals surface area contributed by atoms with E-state index in [0.717, 1.165) is 28.5 Å². The van der Waals surface area contributed by atoms with Gasteiger partial charge in [-0.3, -0.25) is 4.79 Å². The molecule has 38 heavy (non-hydrogen) atoms. The Bertz CT molecular complexity index is 1440. The van der Waals surface area contributed by atoms with Crippen molar-refractivity contribution in [3.05, 3.63) is 95.6 Å². The number of benzene rings is 3. The van der Waals surface area contributed by atoms with E-state index in [1.165, 1.54) is 0 Å². The van der Waals surface area contributed by atoms with E-state index >= 15 is 0 Å². The van der Waals surface area contributed by atoms with Crippen molar-refractivity contribution in [2.75, 3.05) is 19.5 Å². The first-order valence-corrected chi connectivity index (χ1v) is 14.0. The summed E-state index contributed by atoms with van der Waals surface area (Å²) in [6.07, 6.45) is -0.358. The number of nitrogens with zero attached hydrogens (tertiary/aromatic N) is 1. The van der Waals surface area contributed by atoms with E-state index in [1.54, 1.807) is 24.3 Å². The van der Waals surface area contributed by atoms with Crippen molar-refractivity contribution >= 4 is 22.0 Å². The van der Waals surface area contributed by atoms with Gasteiger partial charge in [-0.25, -0.2) is 17.5 Å². The molecular weight excluding hydrogens is 508 g/mol. The van der Waals surface area contributed by atoms with Crippen LogP contribution < -0.4 is 5.32 Å². The molecule has 1 fully saturated rings. The highest BCUT2D eigenvalue weighted by Gasteiger charge is 2.58. The van der Waals surface area contributed by atoms with E-state index in [9.17, 15) is 18.0 Å². The maximum absolute atomic E-state index is 13.1. The standard InChI is InChI=1S/C28H28N2O7S/c1-38(34,35)30-26(32)15-25(28(30,18-31)37-16-19-9-3-2-4-10-19)29-27(33)36-17-24-22-13-7-5-11-20(22)21-12-6-8-14-23(21)24/h2-14,24-25,31H,15-18H2,1H3,(H,29,33)/t25-,28?/m0/s1/i31T. The third-order valence-corrected chi connectivity index (χ3v) is 8.18. The number of alkyl carbamates (subject to hydrolysis) is 1. The second-order valence-corrected chi connectivity index (χ2v) is 11.2. The van der Waals surface area contributed by atoms with Gasteiger partial charge in [0.05, 0.1) is 31.9 Å². The molecule has 1 saturated heterocycles. The Morgan fingerprint density at radius 1 is 1.05 bits per heavy atom. The average molecular weight is 539 g/mol. The van der Waals surface area contributed by atoms with Gasteiger partial charge in [-0.05, 0) is 27.8 Å². The van der Waals surface area contributed by atoms with Crippen molar-refractivity contribution in [2.24, 2.45) is 0 Å². The summed E-state index contributed by atoms with van der Waals surface area (Å²) >= 11 is 0. The molecule has 0 saturated carbocycles. The van der Waals surface area contributed by atoms with Gasteiger partial charge in [0.25, 0.3) is 0 Å². The first-order chi connectivity index (χ1) is 18.7. The van der Waals surface area contributed by atoms with Crippen LogP contribution in [0.4, 0.5) is 4.79 Å². The van der Waals surface area contributed by atoms with Crippen molar-refractivity contribution in [2.45, 2.75) is 30.7 Å². The molecule has 2 N–H and O–H groups in total. The summed E-state index contributed by atoms with van der Waals surface area (Å²) in [6, 6.07) is 23.6. The largest absolute Gasteiger partial charge is 0.449 e. The molecule has 5 rings (SSSR count). The zero-order valence-electron chi connectivity index (χ0n) is 21.7. The first kappa shape index (κ1) is 24.6. The number of carbonyl (C=O) groups is 2. The van der Waals surface area contributed by atoms with Crippen LogP contribution in [0.2, 0.25) is 0 Å². The monoisotopic (exact) mass is 538 g/mol. The minimum atomic E-state index is -4.14. The van der Waals surface area contributed by atoms with E-state index < -0.39 is 40.4 Å². The van der Waals surface area contributed by atoms with Crippen molar-refractivity contribution in [3.63, 3.8) is 0 Å². The van der Waals surface area contributed by atoms with E-state index in [-0.39, 0.29) is 25.6 Å². The highest BCUT2D eigenvalue weighted by molar-refractivity contribution is 7.89. The van der Waals surface area contributed by atoms with Gasteiger partial charge in [-0.2, -0.15) is 0 Å². The maximum Gasteiger partial charge on any atom is 0.407 e. The molecule has 0 aromatic heterocycles. The van der Waals surface area contributed by atoms with Gasteiger partial charge >= 0.3 is 6.09 Å². The number of hydrogen-bond donors (Lipinski definition) is 2. The molecule has 0 spiro atoms. The van der Waals surface area contributed by atoms with E-state index in [0.29, 0.717) is 9.87 Å². The zero-order chi connectivity index (χ0) is 27.6. The molecule has 1 aliphatic carbocycles. The fraction of sp³-hybridized carbons (Fsp3) is 0.286. The maximum atomic E-state index is 13.1. The molecule has 9 nitrogen and oxygen atoms in total. The van der Waals surface area contributed by atoms with Crippen LogP contribution in [-0.4, -0.2) is 62.5 Å². The molecule has 0 radical (unpaired) electrons. The quantitative estimate of drug-likeness (QED) is 0.430. The molecule has 2 aliphatic rings. The molecule has 2 atom stereocenters. The normalized spacial score (nSPS) is 21.1. The predicted octanol–water partition coefficient (Wildman–Crippen LogP) is 2.99. The Morgan fingerprint density at radius 2 is 1.66 bits per heavy atom. The van der Waals surface area contributed by atoms with E-state index in [2.05, 4.69) is 10.4 Å². The van der Waals surface area contributed by atoms with Crippen molar-refractivity contribution < 1.29 is 32.6 Å². The summed E-state index contributed by atoms with van der Waals surface area (Å²) in [5, 5.41) is 7.22. The van der Waals surface area contributed by atoms with Gasteiger partial charge in [0.2, 0.25) is 23.1 Å². The van der Waals surface area contributed by atoms with E-state index in [1.807, 2.05) is 54.6 Å². The van der Waals surface area contributed by atoms with Crippen molar-refractivity contribution in [1.29, 1.82) is 1.43 Å². The lowest BCUT2D eigenvalue weighted by Gasteiger charge is -2.38. The first-order valence-electron chi connectivity index (χ1n) is 12.6. The molecule has 1 unspecified atom stereocenters. The van der Waals surface area contributed by atoms with Gasteiger partial charge in [-0.15, -0.1) is 0 Å². The highest BCUT2D eigenvalue weighted by atomic mass is 32.2. The minimum absolute atomic E-state index is 0.0309. The number of hydrogen-bond acceptors (Lipinski definition) is 7. The Hall–Kier alpha value is -3.73. The summed E-state index contributed by atoms with van der Waals surface area (Å²) in [4.78, 5) is 26.0. The summed E-state index contributed by atoms with van der Waals surface area (Å²) in [7, 11) is -4.14. The van der Waals surface area contributed by atoms with Crippen LogP contribution >= 0.6 is 0 Å². The molecule has 1 heterocycles. The predicted molar refractivity (Wildman–Crippen MR) is 139 cm³/mol. The number of sulfonamides is 1. The van der Waals surface area contributed by atoms with Gasteiger partial charge in [-0.1, -0.05) is 78.9 Å². The fourth-order valence-electron chi connectivity index (χ4n) is 5.32. The van der Waals surface area contributed by atoms with Crippen LogP contribution in [0.3, 0.4) is 0 Å². The zero-order valence-corrected chi connectivity index (χ0v) is 21.5. The van der Waals surface area contributed by atoms with Gasteiger partial charge in [0.1, 0.15) is 6.61 Å². The number of aliphatic hydroxyl groups excluding tert-OH is 1. The Balaban J connectivity index is 1.37. The Morgan fingerprint density at radius 3 is 2.26 bits per heavy atom. The molecule has 2 amide bonds. The fourth-order valence-corrected chi connectivity index (χ4v) is 6.56. The summed E-state index contributed by atoms with van der Waals surface area (Å²) < 4.78 is 44.9.